The highest BCUT2D eigenvalue weighted by atomic mass is 16.6. The maximum atomic E-state index is 10.8. The third-order valence-electron chi connectivity index (χ3n) is 4.88. The van der Waals surface area contributed by atoms with E-state index in [4.69, 9.17) is 15.2 Å². The van der Waals surface area contributed by atoms with Gasteiger partial charge in [0.15, 0.2) is 0 Å². The Bertz CT molecular complexity index is 290. The quantitative estimate of drug-likeness (QED) is 0.713. The zero-order valence-electron chi connectivity index (χ0n) is 10.4. The summed E-state index contributed by atoms with van der Waals surface area (Å²) in [5, 5.41) is 10.8. The molecule has 3 aliphatic rings. The van der Waals surface area contributed by atoms with Gasteiger partial charge in [-0.25, -0.2) is 0 Å². The van der Waals surface area contributed by atoms with Crippen molar-refractivity contribution in [3.63, 3.8) is 0 Å². The summed E-state index contributed by atoms with van der Waals surface area (Å²) in [6.07, 6.45) is 5.45. The van der Waals surface area contributed by atoms with Gasteiger partial charge < -0.3 is 20.3 Å². The Labute approximate surface area is 102 Å². The number of nitrogens with two attached hydrogens (primary N) is 1. The largest absolute Gasteiger partial charge is 0.390 e. The van der Waals surface area contributed by atoms with Crippen molar-refractivity contribution in [2.75, 3.05) is 19.8 Å². The standard InChI is InChI=1S/C13H23NO3/c14-11-1-3-13(15,8-11)10-2-5-17-12(7-10)4-6-16-9-12/h10-11,15H,1-9,14H2. The number of rotatable bonds is 1. The summed E-state index contributed by atoms with van der Waals surface area (Å²) in [5.74, 6) is 0.339. The molecule has 3 rings (SSSR count). The minimum Gasteiger partial charge on any atom is -0.390 e. The minimum absolute atomic E-state index is 0.106. The predicted octanol–water partition coefficient (Wildman–Crippen LogP) is 0.814. The lowest BCUT2D eigenvalue weighted by Crippen LogP contribution is -2.48. The molecule has 0 aromatic heterocycles. The van der Waals surface area contributed by atoms with Crippen molar-refractivity contribution < 1.29 is 14.6 Å². The van der Waals surface area contributed by atoms with Gasteiger partial charge in [0.05, 0.1) is 17.8 Å². The van der Waals surface area contributed by atoms with Crippen molar-refractivity contribution in [2.24, 2.45) is 11.7 Å². The molecule has 2 heterocycles. The summed E-state index contributed by atoms with van der Waals surface area (Å²) in [5.41, 5.74) is 5.30. The SMILES string of the molecule is NC1CCC(O)(C2CCOC3(CCOC3)C2)C1. The van der Waals surface area contributed by atoms with Gasteiger partial charge in [0, 0.05) is 25.7 Å². The third kappa shape index (κ3) is 2.12. The van der Waals surface area contributed by atoms with E-state index in [1.165, 1.54) is 0 Å². The smallest absolute Gasteiger partial charge is 0.0940 e. The molecule has 1 aliphatic carbocycles. The Balaban J connectivity index is 1.71. The summed E-state index contributed by atoms with van der Waals surface area (Å²) in [7, 11) is 0. The van der Waals surface area contributed by atoms with Crippen LogP contribution in [-0.2, 0) is 9.47 Å². The van der Waals surface area contributed by atoms with Crippen LogP contribution in [-0.4, -0.2) is 42.2 Å². The lowest BCUT2D eigenvalue weighted by Gasteiger charge is -2.43. The maximum absolute atomic E-state index is 10.8. The molecule has 0 aromatic rings. The van der Waals surface area contributed by atoms with Crippen LogP contribution in [0.15, 0.2) is 0 Å². The molecule has 4 atom stereocenters. The van der Waals surface area contributed by atoms with Gasteiger partial charge in [0.1, 0.15) is 0 Å². The van der Waals surface area contributed by atoms with Crippen molar-refractivity contribution >= 4 is 0 Å². The van der Waals surface area contributed by atoms with Crippen LogP contribution >= 0.6 is 0 Å². The zero-order valence-corrected chi connectivity index (χ0v) is 10.4. The zero-order chi connectivity index (χ0) is 11.9. The fraction of sp³-hybridized carbons (Fsp3) is 1.00. The Morgan fingerprint density at radius 2 is 2.00 bits per heavy atom. The Kier molecular flexibility index (Phi) is 2.94. The van der Waals surface area contributed by atoms with Crippen molar-refractivity contribution in [1.82, 2.24) is 0 Å². The molecule has 2 saturated heterocycles. The summed E-state index contributed by atoms with van der Waals surface area (Å²) in [4.78, 5) is 0. The van der Waals surface area contributed by atoms with E-state index < -0.39 is 5.60 Å². The average Bonchev–Trinajstić information content (AvgIpc) is 2.88. The highest BCUT2D eigenvalue weighted by Gasteiger charge is 2.49. The molecule has 98 valence electrons. The molecule has 3 fully saturated rings. The van der Waals surface area contributed by atoms with Gasteiger partial charge in [-0.2, -0.15) is 0 Å². The summed E-state index contributed by atoms with van der Waals surface area (Å²) in [6.45, 7) is 2.25. The average molecular weight is 241 g/mol. The van der Waals surface area contributed by atoms with E-state index in [1.807, 2.05) is 0 Å². The molecular formula is C13H23NO3. The summed E-state index contributed by atoms with van der Waals surface area (Å²) in [6, 6.07) is 0.179. The first-order valence-corrected chi connectivity index (χ1v) is 6.82. The summed E-state index contributed by atoms with van der Waals surface area (Å²) >= 11 is 0. The van der Waals surface area contributed by atoms with Crippen molar-refractivity contribution in [3.05, 3.63) is 0 Å². The molecule has 2 aliphatic heterocycles. The molecule has 4 unspecified atom stereocenters. The van der Waals surface area contributed by atoms with Crippen LogP contribution in [0.3, 0.4) is 0 Å². The molecule has 0 bridgehead atoms. The van der Waals surface area contributed by atoms with Crippen LogP contribution in [0.2, 0.25) is 0 Å². The minimum atomic E-state index is -0.543. The number of hydrogen-bond acceptors (Lipinski definition) is 4. The molecule has 17 heavy (non-hydrogen) atoms. The van der Waals surface area contributed by atoms with Crippen LogP contribution in [0.1, 0.15) is 38.5 Å². The normalized spacial score (nSPS) is 51.2. The Hall–Kier alpha value is -0.160. The molecular weight excluding hydrogens is 218 g/mol. The highest BCUT2D eigenvalue weighted by molar-refractivity contribution is 5.01. The molecule has 4 heteroatoms. The Morgan fingerprint density at radius 1 is 1.12 bits per heavy atom. The van der Waals surface area contributed by atoms with E-state index in [1.54, 1.807) is 0 Å². The van der Waals surface area contributed by atoms with Crippen molar-refractivity contribution in [1.29, 1.82) is 0 Å². The monoisotopic (exact) mass is 241 g/mol. The van der Waals surface area contributed by atoms with E-state index in [0.717, 1.165) is 51.7 Å². The first kappa shape index (κ1) is 11.9. The maximum Gasteiger partial charge on any atom is 0.0940 e. The molecule has 0 aromatic carbocycles. The molecule has 4 nitrogen and oxygen atoms in total. The topological polar surface area (TPSA) is 64.7 Å². The molecule has 1 spiro atoms. The van der Waals surface area contributed by atoms with E-state index in [2.05, 4.69) is 0 Å². The van der Waals surface area contributed by atoms with Crippen molar-refractivity contribution in [2.45, 2.75) is 55.8 Å². The first-order valence-electron chi connectivity index (χ1n) is 6.82. The first-order chi connectivity index (χ1) is 8.12. The van der Waals surface area contributed by atoms with Crippen LogP contribution < -0.4 is 5.73 Å². The van der Waals surface area contributed by atoms with Gasteiger partial charge >= 0.3 is 0 Å². The van der Waals surface area contributed by atoms with Crippen molar-refractivity contribution in [3.8, 4) is 0 Å². The van der Waals surface area contributed by atoms with E-state index >= 15 is 0 Å². The number of aliphatic hydroxyl groups is 1. The lowest BCUT2D eigenvalue weighted by molar-refractivity contribution is -0.141. The fourth-order valence-electron chi connectivity index (χ4n) is 3.81. The van der Waals surface area contributed by atoms with Gasteiger partial charge in [-0.1, -0.05) is 0 Å². The summed E-state index contributed by atoms with van der Waals surface area (Å²) < 4.78 is 11.4. The van der Waals surface area contributed by atoms with Gasteiger partial charge in [0.25, 0.3) is 0 Å². The third-order valence-corrected chi connectivity index (χ3v) is 4.88. The number of hydrogen-bond donors (Lipinski definition) is 2. The van der Waals surface area contributed by atoms with Gasteiger partial charge in [-0.3, -0.25) is 0 Å². The Morgan fingerprint density at radius 3 is 2.65 bits per heavy atom. The fourth-order valence-corrected chi connectivity index (χ4v) is 3.81. The van der Waals surface area contributed by atoms with E-state index in [-0.39, 0.29) is 11.6 Å². The second-order valence-corrected chi connectivity index (χ2v) is 6.13. The van der Waals surface area contributed by atoms with Crippen LogP contribution in [0.25, 0.3) is 0 Å². The molecule has 0 radical (unpaired) electrons. The molecule has 3 N–H and O–H groups in total. The van der Waals surface area contributed by atoms with Gasteiger partial charge in [-0.15, -0.1) is 0 Å². The lowest BCUT2D eigenvalue weighted by atomic mass is 9.74. The highest BCUT2D eigenvalue weighted by Crippen LogP contribution is 2.45. The second-order valence-electron chi connectivity index (χ2n) is 6.13. The predicted molar refractivity (Wildman–Crippen MR) is 63.6 cm³/mol. The van der Waals surface area contributed by atoms with E-state index in [9.17, 15) is 5.11 Å². The number of ether oxygens (including phenoxy) is 2. The molecule has 0 amide bonds. The van der Waals surface area contributed by atoms with Gasteiger partial charge in [-0.05, 0) is 38.0 Å². The molecule has 1 saturated carbocycles. The van der Waals surface area contributed by atoms with Crippen LogP contribution in [0.4, 0.5) is 0 Å². The van der Waals surface area contributed by atoms with E-state index in [0.29, 0.717) is 12.5 Å². The van der Waals surface area contributed by atoms with Crippen LogP contribution in [0, 0.1) is 5.92 Å². The second kappa shape index (κ2) is 4.19. The van der Waals surface area contributed by atoms with Gasteiger partial charge in [0.2, 0.25) is 0 Å². The van der Waals surface area contributed by atoms with Crippen LogP contribution in [0.5, 0.6) is 0 Å².